The molecule has 3 heterocycles. The molecule has 1 aromatic carbocycles. The van der Waals surface area contributed by atoms with Gasteiger partial charge in [-0.05, 0) is 68.7 Å². The van der Waals surface area contributed by atoms with Crippen LogP contribution in [0.25, 0.3) is 20.8 Å². The summed E-state index contributed by atoms with van der Waals surface area (Å²) >= 11 is 1.65. The lowest BCUT2D eigenvalue weighted by Gasteiger charge is -2.18. The number of nitrogens with zero attached hydrogens (tertiary/aromatic N) is 4. The molecule has 36 heavy (non-hydrogen) atoms. The largest absolute Gasteiger partial charge is 0.396 e. The van der Waals surface area contributed by atoms with Crippen molar-refractivity contribution in [3.63, 3.8) is 0 Å². The standard InChI is InChI=1S/C27H29FN6OS/c1-15-22(26-33-24-21(36-26)9-10-29-23(24)18-6-7-18)25(32-20-8-5-17(12-20)14-35)34-27(31-15)30-13-16-3-2-4-19(28)11-16/h2-4,9-11,17-18,20,35H,5-8,12-14H2,1H3,(H2,30,31,32,34). The van der Waals surface area contributed by atoms with Gasteiger partial charge in [0.15, 0.2) is 0 Å². The fourth-order valence-electron chi connectivity index (χ4n) is 5.04. The molecule has 186 valence electrons. The molecule has 0 bridgehead atoms. The van der Waals surface area contributed by atoms with Crippen LogP contribution in [0.2, 0.25) is 0 Å². The van der Waals surface area contributed by atoms with Crippen molar-refractivity contribution in [2.24, 2.45) is 5.92 Å². The maximum atomic E-state index is 13.6. The molecule has 3 N–H and O–H groups in total. The summed E-state index contributed by atoms with van der Waals surface area (Å²) in [6.07, 6.45) is 7.11. The van der Waals surface area contributed by atoms with Crippen LogP contribution < -0.4 is 10.6 Å². The molecule has 0 amide bonds. The van der Waals surface area contributed by atoms with Gasteiger partial charge in [0.05, 0.1) is 21.7 Å². The van der Waals surface area contributed by atoms with Crippen molar-refractivity contribution in [2.75, 3.05) is 17.2 Å². The number of rotatable bonds is 8. The predicted octanol–water partition coefficient (Wildman–Crippen LogP) is 5.66. The monoisotopic (exact) mass is 504 g/mol. The number of nitrogens with one attached hydrogen (secondary N) is 2. The molecule has 4 aromatic rings. The van der Waals surface area contributed by atoms with Gasteiger partial charge in [0.25, 0.3) is 0 Å². The predicted molar refractivity (Wildman–Crippen MR) is 141 cm³/mol. The van der Waals surface area contributed by atoms with E-state index in [0.29, 0.717) is 24.3 Å². The molecule has 2 saturated carbocycles. The second-order valence-electron chi connectivity index (χ2n) is 9.88. The number of aliphatic hydroxyl groups excluding tert-OH is 1. The molecule has 0 saturated heterocycles. The van der Waals surface area contributed by atoms with E-state index < -0.39 is 0 Å². The summed E-state index contributed by atoms with van der Waals surface area (Å²) in [6.45, 7) is 2.61. The first-order valence-corrected chi connectivity index (χ1v) is 13.4. The normalized spacial score (nSPS) is 19.6. The molecule has 2 aliphatic carbocycles. The lowest BCUT2D eigenvalue weighted by Crippen LogP contribution is -2.19. The van der Waals surface area contributed by atoms with Crippen molar-refractivity contribution in [1.82, 2.24) is 19.9 Å². The molecular formula is C27H29FN6OS. The summed E-state index contributed by atoms with van der Waals surface area (Å²) in [6, 6.07) is 8.77. The molecule has 6 rings (SSSR count). The number of aryl methyl sites for hydroxylation is 1. The van der Waals surface area contributed by atoms with Crippen molar-refractivity contribution >= 4 is 33.3 Å². The van der Waals surface area contributed by atoms with Crippen molar-refractivity contribution in [3.8, 4) is 10.6 Å². The van der Waals surface area contributed by atoms with Crippen LogP contribution in [0.5, 0.6) is 0 Å². The molecule has 2 aliphatic rings. The molecule has 9 heteroatoms. The highest BCUT2D eigenvalue weighted by Gasteiger charge is 2.30. The van der Waals surface area contributed by atoms with Crippen LogP contribution in [0.3, 0.4) is 0 Å². The van der Waals surface area contributed by atoms with Crippen LogP contribution in [-0.2, 0) is 6.54 Å². The third-order valence-electron chi connectivity index (χ3n) is 7.08. The number of aromatic nitrogens is 4. The zero-order valence-corrected chi connectivity index (χ0v) is 21.0. The van der Waals surface area contributed by atoms with Gasteiger partial charge in [-0.1, -0.05) is 12.1 Å². The van der Waals surface area contributed by atoms with Gasteiger partial charge in [-0.15, -0.1) is 11.3 Å². The minimum atomic E-state index is -0.264. The minimum absolute atomic E-state index is 0.211. The molecule has 2 fully saturated rings. The third-order valence-corrected chi connectivity index (χ3v) is 8.12. The van der Waals surface area contributed by atoms with Gasteiger partial charge in [-0.25, -0.2) is 14.4 Å². The summed E-state index contributed by atoms with van der Waals surface area (Å²) in [5, 5.41) is 17.4. The summed E-state index contributed by atoms with van der Waals surface area (Å²) < 4.78 is 14.7. The molecule has 2 unspecified atom stereocenters. The summed E-state index contributed by atoms with van der Waals surface area (Å²) in [5.74, 6) is 1.80. The average Bonchev–Trinajstić information content (AvgIpc) is 3.46. The highest BCUT2D eigenvalue weighted by molar-refractivity contribution is 7.21. The second kappa shape index (κ2) is 9.71. The zero-order valence-electron chi connectivity index (χ0n) is 20.2. The fourth-order valence-corrected chi connectivity index (χ4v) is 6.11. The van der Waals surface area contributed by atoms with E-state index in [1.165, 1.54) is 25.0 Å². The van der Waals surface area contributed by atoms with Crippen molar-refractivity contribution in [3.05, 3.63) is 59.3 Å². The number of hydrogen-bond acceptors (Lipinski definition) is 8. The van der Waals surface area contributed by atoms with Gasteiger partial charge in [-0.2, -0.15) is 4.98 Å². The van der Waals surface area contributed by atoms with Crippen LogP contribution in [0.4, 0.5) is 16.2 Å². The van der Waals surface area contributed by atoms with Gasteiger partial charge in [0, 0.05) is 31.3 Å². The highest BCUT2D eigenvalue weighted by atomic mass is 32.1. The first kappa shape index (κ1) is 23.2. The van der Waals surface area contributed by atoms with Gasteiger partial charge in [0.2, 0.25) is 5.95 Å². The van der Waals surface area contributed by atoms with Gasteiger partial charge in [0.1, 0.15) is 22.2 Å². The molecule has 0 spiro atoms. The van der Waals surface area contributed by atoms with Crippen molar-refractivity contribution in [2.45, 2.75) is 57.5 Å². The molecule has 2 atom stereocenters. The van der Waals surface area contributed by atoms with E-state index in [2.05, 4.69) is 15.6 Å². The molecule has 3 aromatic heterocycles. The number of aliphatic hydroxyl groups is 1. The topological polar surface area (TPSA) is 95.9 Å². The number of pyridine rings is 1. The van der Waals surface area contributed by atoms with E-state index in [9.17, 15) is 9.50 Å². The molecule has 0 aliphatic heterocycles. The summed E-state index contributed by atoms with van der Waals surface area (Å²) in [7, 11) is 0. The Balaban J connectivity index is 1.36. The Morgan fingerprint density at radius 1 is 1.11 bits per heavy atom. The van der Waals surface area contributed by atoms with E-state index in [1.54, 1.807) is 17.4 Å². The Kier molecular flexibility index (Phi) is 6.27. The van der Waals surface area contributed by atoms with E-state index in [1.807, 2.05) is 25.3 Å². The van der Waals surface area contributed by atoms with E-state index >= 15 is 0 Å². The van der Waals surface area contributed by atoms with Crippen molar-refractivity contribution in [1.29, 1.82) is 0 Å². The quantitative estimate of drug-likeness (QED) is 0.285. The highest BCUT2D eigenvalue weighted by Crippen LogP contribution is 2.44. The Morgan fingerprint density at radius 3 is 2.78 bits per heavy atom. The Bertz CT molecular complexity index is 1400. The second-order valence-corrected chi connectivity index (χ2v) is 10.9. The minimum Gasteiger partial charge on any atom is -0.396 e. The van der Waals surface area contributed by atoms with Crippen LogP contribution in [-0.4, -0.2) is 37.7 Å². The Labute approximate surface area is 213 Å². The van der Waals surface area contributed by atoms with Gasteiger partial charge < -0.3 is 15.7 Å². The van der Waals surface area contributed by atoms with E-state index in [-0.39, 0.29) is 18.5 Å². The Hall–Kier alpha value is -3.17. The SMILES string of the molecule is Cc1nc(NCc2cccc(F)c2)nc(NC2CCC(CO)C2)c1-c1nc2c(C3CC3)nccc2s1. The number of halogens is 1. The number of thiazole rings is 1. The maximum absolute atomic E-state index is 13.6. The third kappa shape index (κ3) is 4.77. The lowest BCUT2D eigenvalue weighted by atomic mass is 10.1. The van der Waals surface area contributed by atoms with E-state index in [4.69, 9.17) is 15.0 Å². The first-order valence-electron chi connectivity index (χ1n) is 12.6. The van der Waals surface area contributed by atoms with Gasteiger partial charge >= 0.3 is 0 Å². The van der Waals surface area contributed by atoms with Crippen LogP contribution >= 0.6 is 11.3 Å². The number of benzene rings is 1. The van der Waals surface area contributed by atoms with Crippen LogP contribution in [0.1, 0.15) is 55.0 Å². The molecule has 7 nitrogen and oxygen atoms in total. The van der Waals surface area contributed by atoms with Crippen molar-refractivity contribution < 1.29 is 9.50 Å². The van der Waals surface area contributed by atoms with Gasteiger partial charge in [-0.3, -0.25) is 4.98 Å². The molecule has 0 radical (unpaired) electrons. The average molecular weight is 505 g/mol. The van der Waals surface area contributed by atoms with Crippen LogP contribution in [0, 0.1) is 18.7 Å². The van der Waals surface area contributed by atoms with Crippen LogP contribution in [0.15, 0.2) is 36.5 Å². The van der Waals surface area contributed by atoms with E-state index in [0.717, 1.165) is 62.8 Å². The summed E-state index contributed by atoms with van der Waals surface area (Å²) in [4.78, 5) is 19.3. The zero-order chi connectivity index (χ0) is 24.6. The lowest BCUT2D eigenvalue weighted by molar-refractivity contribution is 0.229. The first-order chi connectivity index (χ1) is 17.6. The maximum Gasteiger partial charge on any atom is 0.225 e. The fraction of sp³-hybridized carbons (Fsp3) is 0.407. The molecular weight excluding hydrogens is 475 g/mol. The number of anilines is 2. The Morgan fingerprint density at radius 2 is 2.00 bits per heavy atom. The number of hydrogen-bond donors (Lipinski definition) is 3. The number of fused-ring (bicyclic) bond motifs is 1. The summed E-state index contributed by atoms with van der Waals surface area (Å²) in [5.41, 5.74) is 4.63. The smallest absolute Gasteiger partial charge is 0.225 e.